The minimum atomic E-state index is -0.916. The van der Waals surface area contributed by atoms with Crippen LogP contribution in [0.15, 0.2) is 0 Å². The summed E-state index contributed by atoms with van der Waals surface area (Å²) >= 11 is 0. The maximum Gasteiger partial charge on any atom is 0.303 e. The number of aliphatic carboxylic acids is 1. The Hall–Kier alpha value is -1.19. The van der Waals surface area contributed by atoms with Crippen LogP contribution in [0.3, 0.4) is 0 Å². The number of rotatable bonds is 3. The van der Waals surface area contributed by atoms with Gasteiger partial charge in [0.05, 0.1) is 6.42 Å². The van der Waals surface area contributed by atoms with E-state index in [0.29, 0.717) is 0 Å². The van der Waals surface area contributed by atoms with Gasteiger partial charge in [0.25, 0.3) is 0 Å². The summed E-state index contributed by atoms with van der Waals surface area (Å²) in [5, 5.41) is 8.01. The van der Waals surface area contributed by atoms with Crippen LogP contribution >= 0.6 is 0 Å². The lowest BCUT2D eigenvalue weighted by Gasteiger charge is -1.86. The van der Waals surface area contributed by atoms with Crippen LogP contribution in [0.2, 0.25) is 0 Å². The van der Waals surface area contributed by atoms with Gasteiger partial charge in [-0.25, -0.2) is 0 Å². The van der Waals surface area contributed by atoms with E-state index in [1.54, 1.807) is 0 Å². The Morgan fingerprint density at radius 2 is 1.33 bits per heavy atom. The van der Waals surface area contributed by atoms with Crippen molar-refractivity contribution < 1.29 is 19.5 Å². The van der Waals surface area contributed by atoms with Gasteiger partial charge in [-0.3, -0.25) is 4.79 Å². The van der Waals surface area contributed by atoms with E-state index in [1.807, 2.05) is 0 Å². The van der Waals surface area contributed by atoms with Gasteiger partial charge in [0.2, 0.25) is 0 Å². The lowest BCUT2D eigenvalue weighted by Crippen LogP contribution is -1.98. The molecule has 0 heterocycles. The molecule has 0 aromatic heterocycles. The molecule has 4 nitrogen and oxygen atoms in total. The quantitative estimate of drug-likeness (QED) is 0.693. The summed E-state index contributed by atoms with van der Waals surface area (Å²) in [5.41, 5.74) is 0. The molecule has 0 spiro atoms. The van der Waals surface area contributed by atoms with Gasteiger partial charge in [0.15, 0.2) is 0 Å². The summed E-state index contributed by atoms with van der Waals surface area (Å²) in [6, 6.07) is 0. The highest BCUT2D eigenvalue weighted by Gasteiger charge is 1.97. The van der Waals surface area contributed by atoms with Crippen molar-refractivity contribution in [1.29, 1.82) is 0 Å². The number of carboxylic acid groups (broad SMARTS) is 1. The monoisotopic (exact) mass is 174 g/mol. The third-order valence-electron chi connectivity index (χ3n) is 0.691. The van der Waals surface area contributed by atoms with Gasteiger partial charge in [-0.1, -0.05) is 0 Å². The maximum atomic E-state index is 10.1. The number of carbonyl (C=O) groups excluding carboxylic acids is 2. The Morgan fingerprint density at radius 3 is 1.42 bits per heavy atom. The van der Waals surface area contributed by atoms with Crippen LogP contribution in [0.4, 0.5) is 0 Å². The standard InChI is InChI=1S/C5H8O3.C3H6O/c1-4(6)2-3-5(7)8;1-3(2)4/h2-3H2,1H3,(H,7,8);1-2H3. The number of Topliss-reactive ketones (excluding diaryl/α,β-unsaturated/α-hetero) is 2. The van der Waals surface area contributed by atoms with Crippen molar-refractivity contribution in [3.05, 3.63) is 0 Å². The topological polar surface area (TPSA) is 71.4 Å². The normalized spacial score (nSPS) is 7.92. The second-order valence-corrected chi connectivity index (χ2v) is 2.50. The fourth-order valence-electron chi connectivity index (χ4n) is 0.283. The number of carbonyl (C=O) groups is 3. The summed E-state index contributed by atoms with van der Waals surface area (Å²) in [4.78, 5) is 29.3. The van der Waals surface area contributed by atoms with E-state index in [0.717, 1.165) is 0 Å². The first kappa shape index (κ1) is 13.4. The highest BCUT2D eigenvalue weighted by molar-refractivity contribution is 5.80. The first-order valence-corrected chi connectivity index (χ1v) is 3.54. The largest absolute Gasteiger partial charge is 0.481 e. The molecule has 70 valence electrons. The number of carboxylic acids is 1. The van der Waals surface area contributed by atoms with Crippen molar-refractivity contribution in [3.8, 4) is 0 Å². The summed E-state index contributed by atoms with van der Waals surface area (Å²) in [5.74, 6) is -0.826. The fraction of sp³-hybridized carbons (Fsp3) is 0.625. The molecule has 0 saturated carbocycles. The van der Waals surface area contributed by atoms with E-state index in [-0.39, 0.29) is 24.4 Å². The molecule has 0 unspecified atom stereocenters. The zero-order valence-electron chi connectivity index (χ0n) is 7.59. The second-order valence-electron chi connectivity index (χ2n) is 2.50. The smallest absolute Gasteiger partial charge is 0.303 e. The van der Waals surface area contributed by atoms with Gasteiger partial charge in [0, 0.05) is 6.42 Å². The van der Waals surface area contributed by atoms with Gasteiger partial charge in [-0.2, -0.15) is 0 Å². The molecule has 0 aliphatic rings. The van der Waals surface area contributed by atoms with Crippen molar-refractivity contribution >= 4 is 17.5 Å². The average Bonchev–Trinajstić information content (AvgIpc) is 1.82. The van der Waals surface area contributed by atoms with Crippen LogP contribution in [0.25, 0.3) is 0 Å². The van der Waals surface area contributed by atoms with Crippen LogP contribution in [0.1, 0.15) is 33.6 Å². The van der Waals surface area contributed by atoms with Crippen LogP contribution in [-0.2, 0) is 14.4 Å². The minimum absolute atomic E-state index is 0.0463. The Labute approximate surface area is 71.6 Å². The van der Waals surface area contributed by atoms with E-state index >= 15 is 0 Å². The zero-order chi connectivity index (χ0) is 10.1. The van der Waals surface area contributed by atoms with E-state index < -0.39 is 5.97 Å². The molecule has 0 aromatic carbocycles. The maximum absolute atomic E-state index is 10.1. The lowest BCUT2D eigenvalue weighted by molar-refractivity contribution is -0.138. The summed E-state index contributed by atoms with van der Waals surface area (Å²) in [6.45, 7) is 4.43. The fourth-order valence-corrected chi connectivity index (χ4v) is 0.283. The van der Waals surface area contributed by atoms with Crippen molar-refractivity contribution in [2.45, 2.75) is 33.6 Å². The Bertz CT molecular complexity index is 154. The van der Waals surface area contributed by atoms with Gasteiger partial charge >= 0.3 is 5.97 Å². The van der Waals surface area contributed by atoms with Gasteiger partial charge in [-0.15, -0.1) is 0 Å². The molecule has 0 fully saturated rings. The summed E-state index contributed by atoms with van der Waals surface area (Å²) in [6.07, 6.45) is 0.102. The first-order valence-electron chi connectivity index (χ1n) is 3.54. The minimum Gasteiger partial charge on any atom is -0.481 e. The molecule has 0 aromatic rings. The van der Waals surface area contributed by atoms with E-state index in [1.165, 1.54) is 20.8 Å². The molecular formula is C8H14O4. The molecule has 1 N–H and O–H groups in total. The van der Waals surface area contributed by atoms with E-state index in [4.69, 9.17) is 5.11 Å². The number of hydrogen-bond acceptors (Lipinski definition) is 3. The Kier molecular flexibility index (Phi) is 8.84. The molecule has 0 aliphatic heterocycles. The molecule has 12 heavy (non-hydrogen) atoms. The molecule has 4 heteroatoms. The molecule has 0 atom stereocenters. The molecule has 0 radical (unpaired) electrons. The van der Waals surface area contributed by atoms with Crippen LogP contribution in [-0.4, -0.2) is 22.6 Å². The highest BCUT2D eigenvalue weighted by atomic mass is 16.4. The molecule has 0 amide bonds. The van der Waals surface area contributed by atoms with Crippen molar-refractivity contribution in [1.82, 2.24) is 0 Å². The molecule has 0 bridgehead atoms. The van der Waals surface area contributed by atoms with Gasteiger partial charge < -0.3 is 14.7 Å². The van der Waals surface area contributed by atoms with Crippen LogP contribution < -0.4 is 0 Å². The molecular weight excluding hydrogens is 160 g/mol. The Balaban J connectivity index is 0. The number of hydrogen-bond donors (Lipinski definition) is 1. The number of ketones is 2. The SMILES string of the molecule is CC(=O)CCC(=O)O.CC(C)=O. The average molecular weight is 174 g/mol. The third kappa shape index (κ3) is 37.0. The zero-order valence-corrected chi connectivity index (χ0v) is 7.59. The van der Waals surface area contributed by atoms with Gasteiger partial charge in [-0.05, 0) is 20.8 Å². The predicted octanol–water partition coefficient (Wildman–Crippen LogP) is 1.04. The molecule has 0 saturated heterocycles. The van der Waals surface area contributed by atoms with Crippen molar-refractivity contribution in [2.75, 3.05) is 0 Å². The predicted molar refractivity (Wildman–Crippen MR) is 43.9 cm³/mol. The van der Waals surface area contributed by atoms with Crippen molar-refractivity contribution in [2.24, 2.45) is 0 Å². The Morgan fingerprint density at radius 1 is 1.00 bits per heavy atom. The van der Waals surface area contributed by atoms with E-state index in [9.17, 15) is 14.4 Å². The van der Waals surface area contributed by atoms with E-state index in [2.05, 4.69) is 0 Å². The summed E-state index contributed by atoms with van der Waals surface area (Å²) in [7, 11) is 0. The second kappa shape index (κ2) is 7.91. The van der Waals surface area contributed by atoms with Crippen molar-refractivity contribution in [3.63, 3.8) is 0 Å². The first-order chi connectivity index (χ1) is 5.36. The van der Waals surface area contributed by atoms with Crippen LogP contribution in [0.5, 0.6) is 0 Å². The highest BCUT2D eigenvalue weighted by Crippen LogP contribution is 1.87. The van der Waals surface area contributed by atoms with Gasteiger partial charge in [0.1, 0.15) is 11.6 Å². The summed E-state index contributed by atoms with van der Waals surface area (Å²) < 4.78 is 0. The van der Waals surface area contributed by atoms with Crippen LogP contribution in [0, 0.1) is 0 Å². The lowest BCUT2D eigenvalue weighted by atomic mass is 10.2. The molecule has 0 rings (SSSR count). The molecule has 0 aliphatic carbocycles. The third-order valence-corrected chi connectivity index (χ3v) is 0.691.